The van der Waals surface area contributed by atoms with Crippen molar-refractivity contribution in [2.75, 3.05) is 46.9 Å². The molecule has 1 unspecified atom stereocenters. The summed E-state index contributed by atoms with van der Waals surface area (Å²) in [6.07, 6.45) is 3.94. The number of ether oxygens (including phenoxy) is 1. The largest absolute Gasteiger partial charge is 0.492 e. The van der Waals surface area contributed by atoms with E-state index in [1.807, 2.05) is 0 Å². The van der Waals surface area contributed by atoms with Crippen molar-refractivity contribution in [3.63, 3.8) is 0 Å². The standard InChI is InChI=1S/C17H29N3O/c1-19(2)12-13-21-16-8-6-15(7-9-16)17(14-18)20-10-4-3-5-11-20/h6-9,17H,3-5,10-14,18H2,1-2H3. The van der Waals surface area contributed by atoms with Crippen LogP contribution in [0.4, 0.5) is 0 Å². The van der Waals surface area contributed by atoms with Gasteiger partial charge in [0.05, 0.1) is 0 Å². The van der Waals surface area contributed by atoms with Gasteiger partial charge in [-0.15, -0.1) is 0 Å². The van der Waals surface area contributed by atoms with E-state index in [1.165, 1.54) is 37.9 Å². The van der Waals surface area contributed by atoms with Gasteiger partial charge in [0, 0.05) is 19.1 Å². The third kappa shape index (κ3) is 4.99. The van der Waals surface area contributed by atoms with Crippen LogP contribution >= 0.6 is 0 Å². The molecule has 1 aromatic rings. The number of nitrogens with two attached hydrogens (primary N) is 1. The van der Waals surface area contributed by atoms with Crippen LogP contribution in [-0.2, 0) is 0 Å². The van der Waals surface area contributed by atoms with E-state index >= 15 is 0 Å². The molecule has 21 heavy (non-hydrogen) atoms. The van der Waals surface area contributed by atoms with Gasteiger partial charge in [0.15, 0.2) is 0 Å². The first-order valence-corrected chi connectivity index (χ1v) is 8.02. The van der Waals surface area contributed by atoms with Gasteiger partial charge in [-0.25, -0.2) is 0 Å². The Kier molecular flexibility index (Phi) is 6.49. The van der Waals surface area contributed by atoms with Gasteiger partial charge in [0.1, 0.15) is 12.4 Å². The first-order valence-electron chi connectivity index (χ1n) is 8.02. The van der Waals surface area contributed by atoms with Crippen LogP contribution in [0.2, 0.25) is 0 Å². The lowest BCUT2D eigenvalue weighted by molar-refractivity contribution is 0.167. The Bertz CT molecular complexity index is 399. The predicted octanol–water partition coefficient (Wildman–Crippen LogP) is 2.11. The smallest absolute Gasteiger partial charge is 0.119 e. The summed E-state index contributed by atoms with van der Waals surface area (Å²) in [6, 6.07) is 8.81. The van der Waals surface area contributed by atoms with E-state index in [-0.39, 0.29) is 0 Å². The molecule has 0 aromatic heterocycles. The van der Waals surface area contributed by atoms with Gasteiger partial charge >= 0.3 is 0 Å². The molecule has 2 N–H and O–H groups in total. The van der Waals surface area contributed by atoms with Crippen LogP contribution < -0.4 is 10.5 Å². The molecule has 0 radical (unpaired) electrons. The van der Waals surface area contributed by atoms with Crippen molar-refractivity contribution in [3.05, 3.63) is 29.8 Å². The van der Waals surface area contributed by atoms with Crippen molar-refractivity contribution < 1.29 is 4.74 Å². The summed E-state index contributed by atoms with van der Waals surface area (Å²) in [5, 5.41) is 0. The molecule has 4 nitrogen and oxygen atoms in total. The predicted molar refractivity (Wildman–Crippen MR) is 87.7 cm³/mol. The first kappa shape index (κ1) is 16.3. The van der Waals surface area contributed by atoms with Gasteiger partial charge in [-0.2, -0.15) is 0 Å². The summed E-state index contributed by atoms with van der Waals surface area (Å²) in [5.74, 6) is 0.940. The molecule has 0 amide bonds. The van der Waals surface area contributed by atoms with Gasteiger partial charge in [-0.1, -0.05) is 18.6 Å². The summed E-state index contributed by atoms with van der Waals surface area (Å²) in [5.41, 5.74) is 7.31. The molecule has 1 aromatic carbocycles. The average Bonchev–Trinajstić information content (AvgIpc) is 2.50. The van der Waals surface area contributed by atoms with E-state index in [0.717, 1.165) is 18.9 Å². The Morgan fingerprint density at radius 3 is 2.38 bits per heavy atom. The van der Waals surface area contributed by atoms with Crippen LogP contribution in [0.25, 0.3) is 0 Å². The van der Waals surface area contributed by atoms with Crippen LogP contribution in [0, 0.1) is 0 Å². The zero-order valence-corrected chi connectivity index (χ0v) is 13.4. The SMILES string of the molecule is CN(C)CCOc1ccc(C(CN)N2CCCCC2)cc1. The number of nitrogens with zero attached hydrogens (tertiary/aromatic N) is 2. The quantitative estimate of drug-likeness (QED) is 0.835. The molecule has 0 spiro atoms. The monoisotopic (exact) mass is 291 g/mol. The number of likely N-dealkylation sites (tertiary alicyclic amines) is 1. The van der Waals surface area contributed by atoms with Gasteiger partial charge in [-0.3, -0.25) is 4.90 Å². The maximum absolute atomic E-state index is 6.01. The van der Waals surface area contributed by atoms with Crippen molar-refractivity contribution in [1.82, 2.24) is 9.80 Å². The van der Waals surface area contributed by atoms with Crippen molar-refractivity contribution in [2.45, 2.75) is 25.3 Å². The topological polar surface area (TPSA) is 41.7 Å². The molecule has 1 aliphatic heterocycles. The maximum atomic E-state index is 6.01. The van der Waals surface area contributed by atoms with Gasteiger partial charge in [0.2, 0.25) is 0 Å². The molecule has 0 aliphatic carbocycles. The molecule has 1 saturated heterocycles. The minimum Gasteiger partial charge on any atom is -0.492 e. The zero-order valence-electron chi connectivity index (χ0n) is 13.4. The Labute approximate surface area is 128 Å². The minimum atomic E-state index is 0.348. The van der Waals surface area contributed by atoms with Gasteiger partial charge in [0.25, 0.3) is 0 Å². The van der Waals surface area contributed by atoms with Crippen LogP contribution in [-0.4, -0.2) is 56.7 Å². The molecule has 0 saturated carbocycles. The van der Waals surface area contributed by atoms with Crippen LogP contribution in [0.5, 0.6) is 5.75 Å². The van der Waals surface area contributed by atoms with Crippen molar-refractivity contribution >= 4 is 0 Å². The lowest BCUT2D eigenvalue weighted by Crippen LogP contribution is -2.37. The van der Waals surface area contributed by atoms with E-state index < -0.39 is 0 Å². The summed E-state index contributed by atoms with van der Waals surface area (Å²) in [4.78, 5) is 4.64. The van der Waals surface area contributed by atoms with E-state index in [9.17, 15) is 0 Å². The Balaban J connectivity index is 1.92. The Hall–Kier alpha value is -1.10. The molecule has 4 heteroatoms. The highest BCUT2D eigenvalue weighted by Crippen LogP contribution is 2.25. The van der Waals surface area contributed by atoms with E-state index in [1.54, 1.807) is 0 Å². The molecule has 1 heterocycles. The lowest BCUT2D eigenvalue weighted by Gasteiger charge is -2.34. The highest BCUT2D eigenvalue weighted by Gasteiger charge is 2.20. The number of benzene rings is 1. The second-order valence-corrected chi connectivity index (χ2v) is 6.07. The number of rotatable bonds is 7. The van der Waals surface area contributed by atoms with Gasteiger partial charge in [-0.05, 0) is 57.7 Å². The fraction of sp³-hybridized carbons (Fsp3) is 0.647. The number of piperidine rings is 1. The summed E-state index contributed by atoms with van der Waals surface area (Å²) < 4.78 is 5.74. The molecule has 1 aliphatic rings. The Morgan fingerprint density at radius 1 is 1.14 bits per heavy atom. The molecule has 2 rings (SSSR count). The molecule has 118 valence electrons. The number of hydrogen-bond donors (Lipinski definition) is 1. The molecular formula is C17H29N3O. The fourth-order valence-corrected chi connectivity index (χ4v) is 2.86. The second kappa shape index (κ2) is 8.37. The lowest BCUT2D eigenvalue weighted by atomic mass is 10.0. The molecule has 0 bridgehead atoms. The highest BCUT2D eigenvalue weighted by molar-refractivity contribution is 5.29. The number of likely N-dealkylation sites (N-methyl/N-ethyl adjacent to an activating group) is 1. The third-order valence-electron chi connectivity index (χ3n) is 4.13. The molecule has 1 atom stereocenters. The fourth-order valence-electron chi connectivity index (χ4n) is 2.86. The normalized spacial score (nSPS) is 17.9. The average molecular weight is 291 g/mol. The Morgan fingerprint density at radius 2 is 1.81 bits per heavy atom. The van der Waals surface area contributed by atoms with E-state index in [0.29, 0.717) is 12.6 Å². The van der Waals surface area contributed by atoms with E-state index in [2.05, 4.69) is 48.2 Å². The number of hydrogen-bond acceptors (Lipinski definition) is 4. The van der Waals surface area contributed by atoms with Gasteiger partial charge < -0.3 is 15.4 Å². The maximum Gasteiger partial charge on any atom is 0.119 e. The van der Waals surface area contributed by atoms with E-state index in [4.69, 9.17) is 10.5 Å². The third-order valence-corrected chi connectivity index (χ3v) is 4.13. The molecular weight excluding hydrogens is 262 g/mol. The van der Waals surface area contributed by atoms with Crippen molar-refractivity contribution in [1.29, 1.82) is 0 Å². The second-order valence-electron chi connectivity index (χ2n) is 6.07. The van der Waals surface area contributed by atoms with Crippen molar-refractivity contribution in [2.24, 2.45) is 5.73 Å². The van der Waals surface area contributed by atoms with Crippen LogP contribution in [0.15, 0.2) is 24.3 Å². The minimum absolute atomic E-state index is 0.348. The summed E-state index contributed by atoms with van der Waals surface area (Å²) in [7, 11) is 4.11. The summed E-state index contributed by atoms with van der Waals surface area (Å²) >= 11 is 0. The van der Waals surface area contributed by atoms with Crippen molar-refractivity contribution in [3.8, 4) is 5.75 Å². The highest BCUT2D eigenvalue weighted by atomic mass is 16.5. The summed E-state index contributed by atoms with van der Waals surface area (Å²) in [6.45, 7) is 4.67. The zero-order chi connectivity index (χ0) is 15.1. The first-order chi connectivity index (χ1) is 10.2. The van der Waals surface area contributed by atoms with Crippen LogP contribution in [0.1, 0.15) is 30.9 Å². The molecule has 1 fully saturated rings. The van der Waals surface area contributed by atoms with Crippen LogP contribution in [0.3, 0.4) is 0 Å².